The van der Waals surface area contributed by atoms with Crippen LogP contribution in [0, 0.1) is 0 Å². The van der Waals surface area contributed by atoms with E-state index in [-0.39, 0.29) is 28.9 Å². The third-order valence-corrected chi connectivity index (χ3v) is 3.88. The summed E-state index contributed by atoms with van der Waals surface area (Å²) in [5.41, 5.74) is 1.15. The lowest BCUT2D eigenvalue weighted by Crippen LogP contribution is -2.14. The van der Waals surface area contributed by atoms with Crippen molar-refractivity contribution in [3.63, 3.8) is 0 Å². The van der Waals surface area contributed by atoms with Crippen LogP contribution in [-0.2, 0) is 11.3 Å². The summed E-state index contributed by atoms with van der Waals surface area (Å²) in [6, 6.07) is 9.40. The first-order valence-corrected chi connectivity index (χ1v) is 7.66. The zero-order chi connectivity index (χ0) is 18.1. The maximum atomic E-state index is 12.0. The lowest BCUT2D eigenvalue weighted by atomic mass is 10.1. The lowest BCUT2D eigenvalue weighted by molar-refractivity contribution is 0.0600. The van der Waals surface area contributed by atoms with Gasteiger partial charge in [-0.15, -0.1) is 5.10 Å². The van der Waals surface area contributed by atoms with Crippen LogP contribution in [-0.4, -0.2) is 48.1 Å². The Balaban J connectivity index is 1.79. The highest BCUT2D eigenvalue weighted by atomic mass is 16.5. The Labute approximate surface area is 146 Å². The second kappa shape index (κ2) is 6.24. The van der Waals surface area contributed by atoms with E-state index >= 15 is 0 Å². The van der Waals surface area contributed by atoms with E-state index in [0.717, 1.165) is 5.69 Å². The zero-order valence-corrected chi connectivity index (χ0v) is 13.7. The Morgan fingerprint density at radius 1 is 1.23 bits per heavy atom. The third-order valence-electron chi connectivity index (χ3n) is 3.88. The second-order valence-corrected chi connectivity index (χ2v) is 5.49. The van der Waals surface area contributed by atoms with Crippen LogP contribution in [0.2, 0.25) is 0 Å². The number of H-pyrrole nitrogens is 1. The molecule has 0 spiro atoms. The van der Waals surface area contributed by atoms with Gasteiger partial charge in [0.25, 0.3) is 5.56 Å². The molecule has 0 atom stereocenters. The van der Waals surface area contributed by atoms with E-state index in [9.17, 15) is 9.59 Å². The van der Waals surface area contributed by atoms with Gasteiger partial charge in [-0.05, 0) is 22.6 Å². The molecule has 10 heteroatoms. The Hall–Kier alpha value is -3.82. The van der Waals surface area contributed by atoms with Crippen LogP contribution in [0.15, 0.2) is 47.5 Å². The van der Waals surface area contributed by atoms with Gasteiger partial charge in [-0.3, -0.25) is 4.79 Å². The Morgan fingerprint density at radius 2 is 2.04 bits per heavy atom. The van der Waals surface area contributed by atoms with Gasteiger partial charge >= 0.3 is 5.97 Å². The summed E-state index contributed by atoms with van der Waals surface area (Å²) in [4.78, 5) is 24.0. The number of hydrogen-bond donors (Lipinski definition) is 1. The maximum absolute atomic E-state index is 12.0. The number of methoxy groups -OCH3 is 1. The van der Waals surface area contributed by atoms with Gasteiger partial charge in [-0.1, -0.05) is 18.2 Å². The first-order valence-electron chi connectivity index (χ1n) is 7.66. The fourth-order valence-electron chi connectivity index (χ4n) is 2.68. The molecular formula is C16H13N7O3. The molecule has 0 saturated carbocycles. The van der Waals surface area contributed by atoms with E-state index in [1.807, 2.05) is 30.3 Å². The van der Waals surface area contributed by atoms with Crippen molar-refractivity contribution in [1.82, 2.24) is 35.0 Å². The van der Waals surface area contributed by atoms with Gasteiger partial charge in [0.2, 0.25) is 0 Å². The van der Waals surface area contributed by atoms with Crippen molar-refractivity contribution < 1.29 is 9.53 Å². The molecule has 4 rings (SSSR count). The van der Waals surface area contributed by atoms with Crippen LogP contribution >= 0.6 is 0 Å². The van der Waals surface area contributed by atoms with Crippen LogP contribution in [0.4, 0.5) is 0 Å². The van der Waals surface area contributed by atoms with Crippen LogP contribution in [0.3, 0.4) is 0 Å². The molecule has 1 aromatic carbocycles. The highest BCUT2D eigenvalue weighted by Gasteiger charge is 2.22. The molecule has 0 bridgehead atoms. The van der Waals surface area contributed by atoms with E-state index in [0.29, 0.717) is 5.82 Å². The quantitative estimate of drug-likeness (QED) is 0.531. The van der Waals surface area contributed by atoms with Gasteiger partial charge in [0, 0.05) is 12.4 Å². The fourth-order valence-corrected chi connectivity index (χ4v) is 2.68. The summed E-state index contributed by atoms with van der Waals surface area (Å²) in [7, 11) is 1.27. The summed E-state index contributed by atoms with van der Waals surface area (Å²) < 4.78 is 8.02. The van der Waals surface area contributed by atoms with Gasteiger partial charge in [-0.2, -0.15) is 9.78 Å². The number of hydrogen-bond acceptors (Lipinski definition) is 7. The fraction of sp³-hybridized carbons (Fsp3) is 0.125. The number of nitrogens with one attached hydrogen (secondary N) is 1. The molecule has 130 valence electrons. The maximum Gasteiger partial charge on any atom is 0.341 e. The average Bonchev–Trinajstić information content (AvgIpc) is 3.28. The molecule has 0 fully saturated rings. The van der Waals surface area contributed by atoms with Crippen molar-refractivity contribution in [1.29, 1.82) is 0 Å². The largest absolute Gasteiger partial charge is 0.465 e. The van der Waals surface area contributed by atoms with Crippen LogP contribution < -0.4 is 5.56 Å². The Bertz CT molecular complexity index is 1100. The molecule has 2 aliphatic heterocycles. The summed E-state index contributed by atoms with van der Waals surface area (Å²) in [6.45, 7) is 0.243. The first kappa shape index (κ1) is 15.7. The molecule has 0 radical (unpaired) electrons. The second-order valence-electron chi connectivity index (χ2n) is 5.49. The highest BCUT2D eigenvalue weighted by Crippen LogP contribution is 2.21. The highest BCUT2D eigenvalue weighted by molar-refractivity contribution is 5.95. The number of aromatic nitrogens is 7. The zero-order valence-electron chi connectivity index (χ0n) is 13.7. The molecular weight excluding hydrogens is 338 g/mol. The summed E-state index contributed by atoms with van der Waals surface area (Å²) in [6.07, 6.45) is 3.15. The van der Waals surface area contributed by atoms with Crippen molar-refractivity contribution >= 4 is 5.97 Å². The molecule has 26 heavy (non-hydrogen) atoms. The number of carbonyl (C=O) groups is 1. The number of tetrazole rings is 1. The number of pyridine rings is 1. The number of carbonyl (C=O) groups excluding carboxylic acids is 1. The minimum Gasteiger partial charge on any atom is -0.465 e. The van der Waals surface area contributed by atoms with Crippen LogP contribution in [0.1, 0.15) is 16.2 Å². The topological polar surface area (TPSA) is 121 Å². The molecule has 2 aliphatic rings. The third kappa shape index (κ3) is 2.62. The molecule has 0 saturated heterocycles. The van der Waals surface area contributed by atoms with Gasteiger partial charge in [-0.25, -0.2) is 9.89 Å². The minimum atomic E-state index is -0.585. The smallest absolute Gasteiger partial charge is 0.341 e. The summed E-state index contributed by atoms with van der Waals surface area (Å²) in [5.74, 6) is -0.0502. The number of benzene rings is 1. The summed E-state index contributed by atoms with van der Waals surface area (Å²) >= 11 is 0. The van der Waals surface area contributed by atoms with Crippen molar-refractivity contribution in [3.8, 4) is 16.9 Å². The SMILES string of the molecule is COC(=O)c1cn(Cc2nnnn2-c2ccccc2)cc2c(=O)[nH]nc1-2. The number of esters is 1. The molecule has 1 N–H and O–H groups in total. The number of nitrogens with zero attached hydrogens (tertiary/aromatic N) is 6. The van der Waals surface area contributed by atoms with Crippen LogP contribution in [0.25, 0.3) is 16.9 Å². The normalized spacial score (nSPS) is 11.0. The molecule has 1 aromatic heterocycles. The van der Waals surface area contributed by atoms with E-state index in [1.54, 1.807) is 21.6 Å². The summed E-state index contributed by atoms with van der Waals surface area (Å²) in [5, 5.41) is 18.0. The lowest BCUT2D eigenvalue weighted by Gasteiger charge is -2.11. The monoisotopic (exact) mass is 351 g/mol. The van der Waals surface area contributed by atoms with Crippen molar-refractivity contribution in [2.45, 2.75) is 6.54 Å². The number of para-hydroxylation sites is 1. The molecule has 0 amide bonds. The standard InChI is InChI=1S/C16H13N7O3/c1-26-16(25)12-8-22(7-11-14(12)18-19-15(11)24)9-13-17-20-21-23(13)10-5-3-2-4-6-10/h2-8H,9H2,1H3,(H,19,24). The predicted octanol–water partition coefficient (Wildman–Crippen LogP) is 0.487. The van der Waals surface area contributed by atoms with E-state index < -0.39 is 5.97 Å². The van der Waals surface area contributed by atoms with Gasteiger partial charge in [0.15, 0.2) is 5.82 Å². The number of aromatic amines is 1. The van der Waals surface area contributed by atoms with Gasteiger partial charge in [0.05, 0.1) is 24.9 Å². The van der Waals surface area contributed by atoms with E-state index in [1.165, 1.54) is 7.11 Å². The van der Waals surface area contributed by atoms with Crippen molar-refractivity contribution in [2.24, 2.45) is 0 Å². The molecule has 0 unspecified atom stereocenters. The minimum absolute atomic E-state index is 0.182. The molecule has 2 aromatic rings. The number of rotatable bonds is 4. The number of ether oxygens (including phenoxy) is 1. The Morgan fingerprint density at radius 3 is 2.81 bits per heavy atom. The molecule has 3 heterocycles. The first-order chi connectivity index (χ1) is 12.7. The van der Waals surface area contributed by atoms with E-state index in [2.05, 4.69) is 25.7 Å². The molecule has 0 aliphatic carbocycles. The van der Waals surface area contributed by atoms with Crippen molar-refractivity contribution in [3.05, 3.63) is 64.5 Å². The van der Waals surface area contributed by atoms with Crippen LogP contribution in [0.5, 0.6) is 0 Å². The number of fused-ring (bicyclic) bond motifs is 1. The predicted molar refractivity (Wildman–Crippen MR) is 89.1 cm³/mol. The van der Waals surface area contributed by atoms with Gasteiger partial charge in [0.1, 0.15) is 11.3 Å². The van der Waals surface area contributed by atoms with Gasteiger partial charge < -0.3 is 9.30 Å². The van der Waals surface area contributed by atoms with Crippen molar-refractivity contribution in [2.75, 3.05) is 7.11 Å². The van der Waals surface area contributed by atoms with E-state index in [4.69, 9.17) is 4.74 Å². The average molecular weight is 351 g/mol. The molecule has 10 nitrogen and oxygen atoms in total. The Kier molecular flexibility index (Phi) is 3.77.